The lowest BCUT2D eigenvalue weighted by atomic mass is 9.95. The molecule has 34 heavy (non-hydrogen) atoms. The zero-order chi connectivity index (χ0) is 24.2. The molecule has 4 rings (SSSR count). The largest absolute Gasteiger partial charge is 0.507 e. The third kappa shape index (κ3) is 4.63. The summed E-state index contributed by atoms with van der Waals surface area (Å²) in [5, 5.41) is 11.3. The van der Waals surface area contributed by atoms with Crippen LogP contribution in [0.2, 0.25) is 0 Å². The molecule has 0 aromatic heterocycles. The van der Waals surface area contributed by atoms with Gasteiger partial charge in [0.2, 0.25) is 0 Å². The monoisotopic (exact) mass is 464 g/mol. The van der Waals surface area contributed by atoms with Crippen LogP contribution in [0.4, 0.5) is 0 Å². The summed E-state index contributed by atoms with van der Waals surface area (Å²) in [5.74, 6) is -0.0108. The van der Waals surface area contributed by atoms with Crippen LogP contribution < -0.4 is 14.2 Å². The van der Waals surface area contributed by atoms with Gasteiger partial charge in [0.1, 0.15) is 31.3 Å². The molecule has 2 heterocycles. The number of amides is 1. The number of ether oxygens (including phenoxy) is 3. The topological polar surface area (TPSA) is 88.5 Å². The van der Waals surface area contributed by atoms with Gasteiger partial charge in [-0.3, -0.25) is 9.59 Å². The number of carbonyl (C=O) groups excluding carboxylic acids is 2. The molecule has 1 N–H and O–H groups in total. The molecular weight excluding hydrogens is 436 g/mol. The van der Waals surface area contributed by atoms with Gasteiger partial charge in [0.05, 0.1) is 11.6 Å². The first-order valence-electron chi connectivity index (χ1n) is 11.1. The fourth-order valence-electron chi connectivity index (χ4n) is 4.04. The summed E-state index contributed by atoms with van der Waals surface area (Å²) in [5.41, 5.74) is 1.07. The molecule has 8 nitrogen and oxygen atoms in total. The predicted molar refractivity (Wildman–Crippen MR) is 127 cm³/mol. The first-order chi connectivity index (χ1) is 16.4. The normalized spacial score (nSPS) is 18.9. The minimum absolute atomic E-state index is 0.0290. The van der Waals surface area contributed by atoms with E-state index in [2.05, 4.69) is 6.58 Å². The molecule has 2 aliphatic heterocycles. The Morgan fingerprint density at radius 1 is 1.18 bits per heavy atom. The first-order valence-corrected chi connectivity index (χ1v) is 11.1. The van der Waals surface area contributed by atoms with Crippen molar-refractivity contribution in [3.8, 4) is 17.2 Å². The quantitative estimate of drug-likeness (QED) is 0.278. The molecule has 0 bridgehead atoms. The Bertz CT molecular complexity index is 1140. The van der Waals surface area contributed by atoms with Gasteiger partial charge in [-0.05, 0) is 50.0 Å². The lowest BCUT2D eigenvalue weighted by Crippen LogP contribution is -2.35. The minimum atomic E-state index is -0.763. The van der Waals surface area contributed by atoms with E-state index in [1.54, 1.807) is 42.5 Å². The van der Waals surface area contributed by atoms with Crippen LogP contribution in [-0.4, -0.2) is 73.6 Å². The van der Waals surface area contributed by atoms with Gasteiger partial charge in [-0.15, -0.1) is 0 Å². The first kappa shape index (κ1) is 23.4. The summed E-state index contributed by atoms with van der Waals surface area (Å²) in [7, 11) is 3.79. The average Bonchev–Trinajstić information content (AvgIpc) is 3.10. The number of rotatable bonds is 8. The molecule has 0 aliphatic carbocycles. The maximum atomic E-state index is 13.2. The van der Waals surface area contributed by atoms with Crippen molar-refractivity contribution in [3.05, 3.63) is 71.8 Å². The van der Waals surface area contributed by atoms with E-state index >= 15 is 0 Å². The number of hydrogen-bond donors (Lipinski definition) is 1. The molecule has 1 saturated heterocycles. The van der Waals surface area contributed by atoms with E-state index in [1.807, 2.05) is 25.1 Å². The summed E-state index contributed by atoms with van der Waals surface area (Å²) in [6, 6.07) is 11.4. The fourth-order valence-corrected chi connectivity index (χ4v) is 4.04. The van der Waals surface area contributed by atoms with Crippen molar-refractivity contribution in [2.75, 3.05) is 47.0 Å². The predicted octanol–water partition coefficient (Wildman–Crippen LogP) is 3.01. The van der Waals surface area contributed by atoms with Gasteiger partial charge in [0.15, 0.2) is 11.5 Å². The molecule has 1 fully saturated rings. The van der Waals surface area contributed by atoms with Crippen molar-refractivity contribution in [2.45, 2.75) is 6.04 Å². The number of hydrogen-bond acceptors (Lipinski definition) is 7. The van der Waals surface area contributed by atoms with Crippen LogP contribution in [0.5, 0.6) is 17.2 Å². The Hall–Kier alpha value is -3.78. The van der Waals surface area contributed by atoms with E-state index < -0.39 is 17.7 Å². The summed E-state index contributed by atoms with van der Waals surface area (Å²) >= 11 is 0. The summed E-state index contributed by atoms with van der Waals surface area (Å²) in [6.07, 6.45) is 1.64. The molecule has 1 atom stereocenters. The van der Waals surface area contributed by atoms with Crippen molar-refractivity contribution in [1.82, 2.24) is 9.80 Å². The second kappa shape index (κ2) is 10.0. The van der Waals surface area contributed by atoms with Crippen LogP contribution in [-0.2, 0) is 9.59 Å². The number of carbonyl (C=O) groups is 2. The average molecular weight is 465 g/mol. The van der Waals surface area contributed by atoms with Crippen molar-refractivity contribution >= 4 is 17.4 Å². The SMILES string of the molecule is C=CCOc1cccc([C@@H]2/C(=C(\O)c3ccc4c(c3)OCCO4)C(=O)C(=O)N2CCN(C)C)c1. The second-order valence-electron chi connectivity index (χ2n) is 8.33. The number of nitrogens with zero attached hydrogens (tertiary/aromatic N) is 2. The number of Topliss-reactive ketones (excluding diaryl/α,β-unsaturated/α-hetero) is 1. The molecule has 178 valence electrons. The standard InChI is InChI=1S/C26H28N2O6/c1-4-12-32-19-7-5-6-17(15-19)23-22(25(30)26(31)28(23)11-10-27(2)3)24(29)18-8-9-20-21(16-18)34-14-13-33-20/h4-9,15-16,23,29H,1,10-14H2,2-3H3/b24-22+/t23-/m1/s1. The number of aliphatic hydroxyl groups is 1. The van der Waals surface area contributed by atoms with E-state index in [4.69, 9.17) is 14.2 Å². The van der Waals surface area contributed by atoms with E-state index in [1.165, 1.54) is 4.90 Å². The number of ketones is 1. The van der Waals surface area contributed by atoms with Gasteiger partial charge in [-0.25, -0.2) is 0 Å². The minimum Gasteiger partial charge on any atom is -0.507 e. The van der Waals surface area contributed by atoms with Gasteiger partial charge >= 0.3 is 0 Å². The van der Waals surface area contributed by atoms with Gasteiger partial charge in [-0.1, -0.05) is 24.8 Å². The van der Waals surface area contributed by atoms with Crippen LogP contribution in [0.25, 0.3) is 5.76 Å². The Morgan fingerprint density at radius 3 is 2.68 bits per heavy atom. The van der Waals surface area contributed by atoms with Crippen molar-refractivity contribution in [2.24, 2.45) is 0 Å². The number of aliphatic hydroxyl groups excluding tert-OH is 1. The summed E-state index contributed by atoms with van der Waals surface area (Å²) in [4.78, 5) is 29.7. The number of likely N-dealkylation sites (N-methyl/N-ethyl adjacent to an activating group) is 1. The van der Waals surface area contributed by atoms with E-state index in [0.717, 1.165) is 0 Å². The summed E-state index contributed by atoms with van der Waals surface area (Å²) < 4.78 is 16.8. The number of likely N-dealkylation sites (tertiary alicyclic amines) is 1. The van der Waals surface area contributed by atoms with Gasteiger partial charge in [-0.2, -0.15) is 0 Å². The molecule has 0 radical (unpaired) electrons. The zero-order valence-electron chi connectivity index (χ0n) is 19.3. The molecule has 8 heteroatoms. The van der Waals surface area contributed by atoms with Crippen LogP contribution in [0, 0.1) is 0 Å². The highest BCUT2D eigenvalue weighted by molar-refractivity contribution is 6.46. The molecule has 0 spiro atoms. The van der Waals surface area contributed by atoms with Crippen molar-refractivity contribution < 1.29 is 28.9 Å². The van der Waals surface area contributed by atoms with Crippen LogP contribution in [0.1, 0.15) is 17.2 Å². The molecule has 2 aromatic carbocycles. The fraction of sp³-hybridized carbons (Fsp3) is 0.308. The smallest absolute Gasteiger partial charge is 0.295 e. The van der Waals surface area contributed by atoms with E-state index in [0.29, 0.717) is 61.3 Å². The lowest BCUT2D eigenvalue weighted by molar-refractivity contribution is -0.140. The van der Waals surface area contributed by atoms with Gasteiger partial charge < -0.3 is 29.1 Å². The third-order valence-electron chi connectivity index (χ3n) is 5.69. The third-order valence-corrected chi connectivity index (χ3v) is 5.69. The highest BCUT2D eigenvalue weighted by atomic mass is 16.6. The van der Waals surface area contributed by atoms with Gasteiger partial charge in [0.25, 0.3) is 11.7 Å². The van der Waals surface area contributed by atoms with E-state index in [9.17, 15) is 14.7 Å². The Labute approximate surface area is 198 Å². The molecule has 2 aromatic rings. The van der Waals surface area contributed by atoms with Crippen molar-refractivity contribution in [3.63, 3.8) is 0 Å². The zero-order valence-corrected chi connectivity index (χ0v) is 19.3. The molecule has 0 unspecified atom stereocenters. The Kier molecular flexibility index (Phi) is 6.88. The maximum absolute atomic E-state index is 13.2. The second-order valence-corrected chi connectivity index (χ2v) is 8.33. The molecule has 1 amide bonds. The van der Waals surface area contributed by atoms with Crippen LogP contribution in [0.3, 0.4) is 0 Å². The number of fused-ring (bicyclic) bond motifs is 1. The maximum Gasteiger partial charge on any atom is 0.295 e. The van der Waals surface area contributed by atoms with Gasteiger partial charge in [0, 0.05) is 18.7 Å². The van der Waals surface area contributed by atoms with Crippen molar-refractivity contribution in [1.29, 1.82) is 0 Å². The highest BCUT2D eigenvalue weighted by Crippen LogP contribution is 2.41. The van der Waals surface area contributed by atoms with E-state index in [-0.39, 0.29) is 11.3 Å². The Morgan fingerprint density at radius 2 is 1.94 bits per heavy atom. The van der Waals surface area contributed by atoms with Crippen LogP contribution >= 0.6 is 0 Å². The lowest BCUT2D eigenvalue weighted by Gasteiger charge is -2.27. The van der Waals surface area contributed by atoms with Crippen LogP contribution in [0.15, 0.2) is 60.7 Å². The highest BCUT2D eigenvalue weighted by Gasteiger charge is 2.46. The molecule has 0 saturated carbocycles. The molecular formula is C26H28N2O6. The molecule has 2 aliphatic rings. The number of benzene rings is 2. The Balaban J connectivity index is 1.81. The summed E-state index contributed by atoms with van der Waals surface area (Å²) in [6.45, 7) is 5.69.